The van der Waals surface area contributed by atoms with E-state index < -0.39 is 0 Å². The van der Waals surface area contributed by atoms with Crippen LogP contribution in [-0.2, 0) is 6.61 Å². The minimum Gasteiger partial charge on any atom is -0.489 e. The lowest BCUT2D eigenvalue weighted by molar-refractivity contribution is 0.306. The molecule has 0 spiro atoms. The van der Waals surface area contributed by atoms with Crippen molar-refractivity contribution in [2.24, 2.45) is 11.1 Å². The zero-order chi connectivity index (χ0) is 23.1. The Morgan fingerprint density at radius 2 is 1.61 bits per heavy atom. The van der Waals surface area contributed by atoms with E-state index in [0.717, 1.165) is 40.1 Å². The predicted molar refractivity (Wildman–Crippen MR) is 137 cm³/mol. The Balaban J connectivity index is 1.48. The number of hydrogen-bond acceptors (Lipinski definition) is 5. The first-order chi connectivity index (χ1) is 16.0. The highest BCUT2D eigenvalue weighted by Crippen LogP contribution is 2.23. The SMILES string of the molecule is CC(C)(CN)CNc1nc(C=Cc2ccc(OCc3ccccc3)cc2)nc2ccccc12. The van der Waals surface area contributed by atoms with Gasteiger partial charge in [-0.1, -0.05) is 74.5 Å². The number of ether oxygens (including phenoxy) is 1. The minimum atomic E-state index is -0.0214. The molecule has 0 aliphatic heterocycles. The molecule has 0 fully saturated rings. The van der Waals surface area contributed by atoms with Crippen LogP contribution < -0.4 is 15.8 Å². The molecule has 0 saturated heterocycles. The van der Waals surface area contributed by atoms with Crippen LogP contribution in [0.3, 0.4) is 0 Å². The molecular weight excluding hydrogens is 408 g/mol. The van der Waals surface area contributed by atoms with Gasteiger partial charge in [-0.15, -0.1) is 0 Å². The molecule has 0 unspecified atom stereocenters. The van der Waals surface area contributed by atoms with Crippen molar-refractivity contribution < 1.29 is 4.74 Å². The van der Waals surface area contributed by atoms with Crippen molar-refractivity contribution in [1.82, 2.24) is 9.97 Å². The first-order valence-electron chi connectivity index (χ1n) is 11.2. The Bertz CT molecular complexity index is 1220. The van der Waals surface area contributed by atoms with Gasteiger partial charge in [0.1, 0.15) is 18.2 Å². The fourth-order valence-electron chi connectivity index (χ4n) is 3.29. The topological polar surface area (TPSA) is 73.1 Å². The van der Waals surface area contributed by atoms with E-state index in [0.29, 0.717) is 19.0 Å². The van der Waals surface area contributed by atoms with Crippen LogP contribution >= 0.6 is 0 Å². The van der Waals surface area contributed by atoms with Gasteiger partial charge in [-0.05, 0) is 53.4 Å². The van der Waals surface area contributed by atoms with Crippen LogP contribution in [0.15, 0.2) is 78.9 Å². The number of nitrogens with zero attached hydrogens (tertiary/aromatic N) is 2. The molecular formula is C28H30N4O. The molecule has 4 aromatic rings. The van der Waals surface area contributed by atoms with Gasteiger partial charge in [-0.3, -0.25) is 0 Å². The molecule has 5 nitrogen and oxygen atoms in total. The average molecular weight is 439 g/mol. The van der Waals surface area contributed by atoms with Crippen molar-refractivity contribution >= 4 is 28.9 Å². The van der Waals surface area contributed by atoms with Crippen LogP contribution in [0.25, 0.3) is 23.1 Å². The molecule has 1 heterocycles. The summed E-state index contributed by atoms with van der Waals surface area (Å²) in [4.78, 5) is 9.47. The number of benzene rings is 3. The number of para-hydroxylation sites is 1. The van der Waals surface area contributed by atoms with E-state index in [1.807, 2.05) is 78.9 Å². The van der Waals surface area contributed by atoms with Gasteiger partial charge in [0.05, 0.1) is 5.52 Å². The first-order valence-corrected chi connectivity index (χ1v) is 11.2. The molecule has 0 radical (unpaired) electrons. The fraction of sp³-hybridized carbons (Fsp3) is 0.214. The van der Waals surface area contributed by atoms with E-state index in [9.17, 15) is 0 Å². The highest BCUT2D eigenvalue weighted by molar-refractivity contribution is 5.90. The number of rotatable bonds is 9. The minimum absolute atomic E-state index is 0.0214. The molecule has 0 saturated carbocycles. The lowest BCUT2D eigenvalue weighted by Gasteiger charge is -2.23. The van der Waals surface area contributed by atoms with Crippen LogP contribution in [0.1, 0.15) is 30.8 Å². The molecule has 168 valence electrons. The van der Waals surface area contributed by atoms with E-state index in [1.54, 1.807) is 0 Å². The first kappa shape index (κ1) is 22.5. The second-order valence-electron chi connectivity index (χ2n) is 8.85. The standard InChI is InChI=1S/C28H30N4O/c1-28(2,19-29)20-30-27-24-10-6-7-11-25(24)31-26(32-27)17-14-21-12-15-23(16-13-21)33-18-22-8-4-3-5-9-22/h3-17H,18-20,29H2,1-2H3,(H,30,31,32). The molecule has 0 aliphatic carbocycles. The fourth-order valence-corrected chi connectivity index (χ4v) is 3.29. The maximum atomic E-state index is 5.89. The van der Waals surface area contributed by atoms with Crippen LogP contribution in [0.2, 0.25) is 0 Å². The monoisotopic (exact) mass is 438 g/mol. The van der Waals surface area contributed by atoms with Gasteiger partial charge in [0.25, 0.3) is 0 Å². The lowest BCUT2D eigenvalue weighted by atomic mass is 9.94. The molecule has 5 heteroatoms. The molecule has 3 N–H and O–H groups in total. The summed E-state index contributed by atoms with van der Waals surface area (Å²) >= 11 is 0. The van der Waals surface area contributed by atoms with Gasteiger partial charge in [0.15, 0.2) is 5.82 Å². The summed E-state index contributed by atoms with van der Waals surface area (Å²) in [6.45, 7) is 6.16. The van der Waals surface area contributed by atoms with Gasteiger partial charge >= 0.3 is 0 Å². The van der Waals surface area contributed by atoms with E-state index in [4.69, 9.17) is 20.4 Å². The number of nitrogens with one attached hydrogen (secondary N) is 1. The van der Waals surface area contributed by atoms with Crippen molar-refractivity contribution in [2.45, 2.75) is 20.5 Å². The largest absolute Gasteiger partial charge is 0.489 e. The zero-order valence-corrected chi connectivity index (χ0v) is 19.2. The van der Waals surface area contributed by atoms with Gasteiger partial charge in [0, 0.05) is 11.9 Å². The summed E-state index contributed by atoms with van der Waals surface area (Å²) in [6, 6.07) is 26.2. The Hall–Kier alpha value is -3.70. The number of aromatic nitrogens is 2. The van der Waals surface area contributed by atoms with Crippen molar-refractivity contribution in [3.63, 3.8) is 0 Å². The predicted octanol–water partition coefficient (Wildman–Crippen LogP) is 5.78. The third kappa shape index (κ3) is 6.18. The molecule has 0 atom stereocenters. The van der Waals surface area contributed by atoms with Gasteiger partial charge in [-0.25, -0.2) is 9.97 Å². The number of hydrogen-bond donors (Lipinski definition) is 2. The Kier molecular flexibility index (Phi) is 7.01. The van der Waals surface area contributed by atoms with E-state index in [2.05, 4.69) is 31.3 Å². The van der Waals surface area contributed by atoms with E-state index >= 15 is 0 Å². The maximum Gasteiger partial charge on any atom is 0.154 e. The molecule has 1 aromatic heterocycles. The summed E-state index contributed by atoms with van der Waals surface area (Å²) in [5, 5.41) is 4.47. The Labute approximate surface area is 195 Å². The third-order valence-corrected chi connectivity index (χ3v) is 5.46. The molecule has 0 amide bonds. The number of fused-ring (bicyclic) bond motifs is 1. The third-order valence-electron chi connectivity index (χ3n) is 5.46. The highest BCUT2D eigenvalue weighted by atomic mass is 16.5. The van der Waals surface area contributed by atoms with Gasteiger partial charge in [-0.2, -0.15) is 0 Å². The molecule has 3 aromatic carbocycles. The second-order valence-corrected chi connectivity index (χ2v) is 8.85. The summed E-state index contributed by atoms with van der Waals surface area (Å²) in [5.74, 6) is 2.32. The second kappa shape index (κ2) is 10.3. The normalized spacial score (nSPS) is 11.7. The van der Waals surface area contributed by atoms with Gasteiger partial charge in [0.2, 0.25) is 0 Å². The Morgan fingerprint density at radius 1 is 0.879 bits per heavy atom. The lowest BCUT2D eigenvalue weighted by Crippen LogP contribution is -2.31. The van der Waals surface area contributed by atoms with E-state index in [-0.39, 0.29) is 5.41 Å². The highest BCUT2D eigenvalue weighted by Gasteiger charge is 2.16. The molecule has 4 rings (SSSR count). The van der Waals surface area contributed by atoms with Crippen molar-refractivity contribution in [2.75, 3.05) is 18.4 Å². The summed E-state index contributed by atoms with van der Waals surface area (Å²) in [7, 11) is 0. The summed E-state index contributed by atoms with van der Waals surface area (Å²) < 4.78 is 5.87. The number of nitrogens with two attached hydrogens (primary N) is 1. The van der Waals surface area contributed by atoms with Crippen LogP contribution in [-0.4, -0.2) is 23.1 Å². The molecule has 33 heavy (non-hydrogen) atoms. The Morgan fingerprint density at radius 3 is 2.36 bits per heavy atom. The van der Waals surface area contributed by atoms with Crippen LogP contribution in [0, 0.1) is 5.41 Å². The van der Waals surface area contributed by atoms with Crippen molar-refractivity contribution in [3.05, 3.63) is 95.8 Å². The summed E-state index contributed by atoms with van der Waals surface area (Å²) in [5.41, 5.74) is 8.98. The smallest absolute Gasteiger partial charge is 0.154 e. The van der Waals surface area contributed by atoms with E-state index in [1.165, 1.54) is 0 Å². The average Bonchev–Trinajstić information content (AvgIpc) is 2.86. The summed E-state index contributed by atoms with van der Waals surface area (Å²) in [6.07, 6.45) is 3.95. The zero-order valence-electron chi connectivity index (χ0n) is 19.2. The quantitative estimate of drug-likeness (QED) is 0.347. The van der Waals surface area contributed by atoms with Crippen LogP contribution in [0.5, 0.6) is 5.75 Å². The van der Waals surface area contributed by atoms with Gasteiger partial charge < -0.3 is 15.8 Å². The maximum absolute atomic E-state index is 5.89. The van der Waals surface area contributed by atoms with Crippen molar-refractivity contribution in [1.29, 1.82) is 0 Å². The molecule has 0 aliphatic rings. The number of anilines is 1. The van der Waals surface area contributed by atoms with Crippen LogP contribution in [0.4, 0.5) is 5.82 Å². The molecule has 0 bridgehead atoms. The van der Waals surface area contributed by atoms with Crippen molar-refractivity contribution in [3.8, 4) is 5.75 Å².